The summed E-state index contributed by atoms with van der Waals surface area (Å²) in [6, 6.07) is 8.97. The summed E-state index contributed by atoms with van der Waals surface area (Å²) in [7, 11) is 0. The van der Waals surface area contributed by atoms with Crippen LogP contribution in [0.25, 0.3) is 0 Å². The number of hydrogen-bond donors (Lipinski definition) is 1. The van der Waals surface area contributed by atoms with Gasteiger partial charge in [-0.3, -0.25) is 4.90 Å². The highest BCUT2D eigenvalue weighted by Gasteiger charge is 2.30. The van der Waals surface area contributed by atoms with E-state index < -0.39 is 0 Å². The maximum atomic E-state index is 6.49. The number of hydrogen-bond acceptors (Lipinski definition) is 3. The SMILES string of the molecule is NC1(c2ccc(CN3CCOCC3)cc2)CCCC1. The van der Waals surface area contributed by atoms with Gasteiger partial charge in [0.25, 0.3) is 0 Å². The zero-order valence-corrected chi connectivity index (χ0v) is 11.6. The molecule has 0 unspecified atom stereocenters. The first-order chi connectivity index (χ1) is 9.26. The van der Waals surface area contributed by atoms with Crippen LogP contribution < -0.4 is 5.73 Å². The van der Waals surface area contributed by atoms with E-state index in [9.17, 15) is 0 Å². The summed E-state index contributed by atoms with van der Waals surface area (Å²) in [5.74, 6) is 0. The molecule has 0 bridgehead atoms. The molecule has 19 heavy (non-hydrogen) atoms. The van der Waals surface area contributed by atoms with Crippen LogP contribution in [0.15, 0.2) is 24.3 Å². The zero-order chi connectivity index (χ0) is 13.1. The van der Waals surface area contributed by atoms with Crippen molar-refractivity contribution in [1.82, 2.24) is 4.90 Å². The van der Waals surface area contributed by atoms with Gasteiger partial charge < -0.3 is 10.5 Å². The summed E-state index contributed by atoms with van der Waals surface area (Å²) in [6.07, 6.45) is 4.81. The minimum absolute atomic E-state index is 0.0580. The van der Waals surface area contributed by atoms with Crippen LogP contribution in [-0.4, -0.2) is 31.2 Å². The average molecular weight is 260 g/mol. The number of nitrogens with zero attached hydrogens (tertiary/aromatic N) is 1. The Morgan fingerprint density at radius 1 is 1.05 bits per heavy atom. The topological polar surface area (TPSA) is 38.5 Å². The van der Waals surface area contributed by atoms with Crippen molar-refractivity contribution in [2.45, 2.75) is 37.8 Å². The van der Waals surface area contributed by atoms with E-state index in [1.54, 1.807) is 0 Å². The lowest BCUT2D eigenvalue weighted by Crippen LogP contribution is -2.35. The Morgan fingerprint density at radius 3 is 2.32 bits per heavy atom. The lowest BCUT2D eigenvalue weighted by molar-refractivity contribution is 0.0342. The Kier molecular flexibility index (Phi) is 3.87. The predicted octanol–water partition coefficient (Wildman–Crippen LogP) is 2.25. The van der Waals surface area contributed by atoms with E-state index >= 15 is 0 Å². The molecule has 0 spiro atoms. The fraction of sp³-hybridized carbons (Fsp3) is 0.625. The Bertz CT molecular complexity index is 403. The van der Waals surface area contributed by atoms with Gasteiger partial charge in [0.2, 0.25) is 0 Å². The Morgan fingerprint density at radius 2 is 1.68 bits per heavy atom. The molecule has 1 heterocycles. The third-order valence-electron chi connectivity index (χ3n) is 4.53. The number of ether oxygens (including phenoxy) is 1. The Balaban J connectivity index is 1.65. The van der Waals surface area contributed by atoms with Gasteiger partial charge in [-0.1, -0.05) is 37.1 Å². The van der Waals surface area contributed by atoms with E-state index in [-0.39, 0.29) is 5.54 Å². The molecular weight excluding hydrogens is 236 g/mol. The van der Waals surface area contributed by atoms with Gasteiger partial charge in [0.05, 0.1) is 13.2 Å². The second kappa shape index (κ2) is 5.61. The molecule has 1 aliphatic carbocycles. The molecule has 0 amide bonds. The van der Waals surface area contributed by atoms with Gasteiger partial charge in [0.1, 0.15) is 0 Å². The van der Waals surface area contributed by atoms with Crippen molar-refractivity contribution in [3.63, 3.8) is 0 Å². The van der Waals surface area contributed by atoms with E-state index in [4.69, 9.17) is 10.5 Å². The quantitative estimate of drug-likeness (QED) is 0.906. The maximum absolute atomic E-state index is 6.49. The van der Waals surface area contributed by atoms with Gasteiger partial charge >= 0.3 is 0 Å². The van der Waals surface area contributed by atoms with Crippen molar-refractivity contribution < 1.29 is 4.74 Å². The molecule has 0 radical (unpaired) electrons. The Labute approximate surface area is 115 Å². The maximum Gasteiger partial charge on any atom is 0.0594 e. The van der Waals surface area contributed by atoms with Crippen molar-refractivity contribution in [3.05, 3.63) is 35.4 Å². The largest absolute Gasteiger partial charge is 0.379 e. The van der Waals surface area contributed by atoms with E-state index in [1.807, 2.05) is 0 Å². The third kappa shape index (κ3) is 2.99. The number of morpholine rings is 1. The first-order valence-electron chi connectivity index (χ1n) is 7.45. The smallest absolute Gasteiger partial charge is 0.0594 e. The molecule has 1 aromatic carbocycles. The average Bonchev–Trinajstić information content (AvgIpc) is 2.89. The van der Waals surface area contributed by atoms with Crippen LogP contribution in [0.3, 0.4) is 0 Å². The molecule has 0 aromatic heterocycles. The second-order valence-electron chi connectivity index (χ2n) is 5.95. The number of nitrogens with two attached hydrogens (primary N) is 1. The lowest BCUT2D eigenvalue weighted by Gasteiger charge is -2.27. The number of benzene rings is 1. The van der Waals surface area contributed by atoms with Crippen LogP contribution in [0.4, 0.5) is 0 Å². The van der Waals surface area contributed by atoms with Crippen molar-refractivity contribution in [2.75, 3.05) is 26.3 Å². The van der Waals surface area contributed by atoms with Gasteiger partial charge in [-0.05, 0) is 24.0 Å². The zero-order valence-electron chi connectivity index (χ0n) is 11.6. The summed E-state index contributed by atoms with van der Waals surface area (Å²) in [4.78, 5) is 2.45. The van der Waals surface area contributed by atoms with Crippen LogP contribution in [0.5, 0.6) is 0 Å². The van der Waals surface area contributed by atoms with Gasteiger partial charge in [-0.25, -0.2) is 0 Å². The van der Waals surface area contributed by atoms with Crippen LogP contribution in [-0.2, 0) is 16.8 Å². The molecule has 1 saturated heterocycles. The van der Waals surface area contributed by atoms with Gasteiger partial charge in [-0.15, -0.1) is 0 Å². The van der Waals surface area contributed by atoms with Gasteiger partial charge in [-0.2, -0.15) is 0 Å². The molecule has 104 valence electrons. The summed E-state index contributed by atoms with van der Waals surface area (Å²) >= 11 is 0. The first-order valence-corrected chi connectivity index (χ1v) is 7.45. The molecule has 2 fully saturated rings. The third-order valence-corrected chi connectivity index (χ3v) is 4.53. The van der Waals surface area contributed by atoms with E-state index in [0.29, 0.717) is 0 Å². The molecule has 1 aromatic rings. The summed E-state index contributed by atoms with van der Waals surface area (Å²) in [5.41, 5.74) is 9.13. The first kappa shape index (κ1) is 13.1. The van der Waals surface area contributed by atoms with Crippen molar-refractivity contribution in [1.29, 1.82) is 0 Å². The summed E-state index contributed by atoms with van der Waals surface area (Å²) in [6.45, 7) is 4.85. The van der Waals surface area contributed by atoms with E-state index in [2.05, 4.69) is 29.2 Å². The minimum Gasteiger partial charge on any atom is -0.379 e. The second-order valence-corrected chi connectivity index (χ2v) is 5.95. The molecule has 0 atom stereocenters. The molecule has 1 saturated carbocycles. The number of rotatable bonds is 3. The predicted molar refractivity (Wildman–Crippen MR) is 76.9 cm³/mol. The molecule has 3 rings (SSSR count). The van der Waals surface area contributed by atoms with Crippen LogP contribution in [0.1, 0.15) is 36.8 Å². The van der Waals surface area contributed by atoms with Crippen molar-refractivity contribution >= 4 is 0 Å². The van der Waals surface area contributed by atoms with Crippen molar-refractivity contribution in [2.24, 2.45) is 5.73 Å². The molecular formula is C16H24N2O. The van der Waals surface area contributed by atoms with Crippen LogP contribution >= 0.6 is 0 Å². The highest BCUT2D eigenvalue weighted by Crippen LogP contribution is 2.36. The van der Waals surface area contributed by atoms with E-state index in [1.165, 1.54) is 24.0 Å². The van der Waals surface area contributed by atoms with Gasteiger partial charge in [0.15, 0.2) is 0 Å². The van der Waals surface area contributed by atoms with Crippen LogP contribution in [0.2, 0.25) is 0 Å². The molecule has 2 N–H and O–H groups in total. The van der Waals surface area contributed by atoms with Gasteiger partial charge in [0, 0.05) is 25.2 Å². The summed E-state index contributed by atoms with van der Waals surface area (Å²) in [5, 5.41) is 0. The molecule has 3 heteroatoms. The monoisotopic (exact) mass is 260 g/mol. The highest BCUT2D eigenvalue weighted by atomic mass is 16.5. The highest BCUT2D eigenvalue weighted by molar-refractivity contribution is 5.29. The minimum atomic E-state index is -0.0580. The standard InChI is InChI=1S/C16H24N2O/c17-16(7-1-2-8-16)15-5-3-14(4-6-15)13-18-9-11-19-12-10-18/h3-6H,1-2,7-13,17H2. The molecule has 3 nitrogen and oxygen atoms in total. The van der Waals surface area contributed by atoms with Crippen LogP contribution in [0, 0.1) is 0 Å². The van der Waals surface area contributed by atoms with E-state index in [0.717, 1.165) is 45.7 Å². The van der Waals surface area contributed by atoms with Crippen molar-refractivity contribution in [3.8, 4) is 0 Å². The summed E-state index contributed by atoms with van der Waals surface area (Å²) < 4.78 is 5.38. The lowest BCUT2D eigenvalue weighted by atomic mass is 9.89. The fourth-order valence-corrected chi connectivity index (χ4v) is 3.25. The Hall–Kier alpha value is -0.900. The molecule has 2 aliphatic rings. The fourth-order valence-electron chi connectivity index (χ4n) is 3.25. The normalized spacial score (nSPS) is 23.6. The molecule has 1 aliphatic heterocycles.